The van der Waals surface area contributed by atoms with Gasteiger partial charge in [-0.05, 0) is 43.5 Å². The molecule has 1 fully saturated rings. The number of fused-ring (bicyclic) bond motifs is 1. The van der Waals surface area contributed by atoms with Crippen molar-refractivity contribution in [2.45, 2.75) is 33.0 Å². The summed E-state index contributed by atoms with van der Waals surface area (Å²) in [7, 11) is 1.83. The number of carbonyl (C=O) groups excluding carboxylic acids is 1. The molecule has 0 saturated carbocycles. The average molecular weight is 401 g/mol. The number of aromatic nitrogens is 4. The van der Waals surface area contributed by atoms with Crippen LogP contribution in [0.5, 0.6) is 0 Å². The number of hydrogen-bond donors (Lipinski definition) is 0. The zero-order chi connectivity index (χ0) is 28.1. The molecule has 0 bridgehead atoms. The average Bonchev–Trinajstić information content (AvgIpc) is 3.28. The molecular formula is C23H29N5O. The van der Waals surface area contributed by atoms with Crippen molar-refractivity contribution in [3.05, 3.63) is 42.6 Å². The van der Waals surface area contributed by atoms with Crippen LogP contribution < -0.4 is 0 Å². The van der Waals surface area contributed by atoms with Crippen molar-refractivity contribution in [1.82, 2.24) is 24.6 Å². The topological polar surface area (TPSA) is 63.9 Å². The Kier molecular flexibility index (Phi) is 3.35. The first-order chi connectivity index (χ1) is 17.5. The lowest BCUT2D eigenvalue weighted by molar-refractivity contribution is -0.123. The van der Waals surface area contributed by atoms with Gasteiger partial charge in [-0.3, -0.25) is 9.48 Å². The van der Waals surface area contributed by atoms with Gasteiger partial charge in [0.05, 0.1) is 18.1 Å². The Hall–Kier alpha value is -2.60. The van der Waals surface area contributed by atoms with Crippen LogP contribution in [-0.2, 0) is 18.3 Å². The number of aryl methyl sites for hydroxylation is 1. The molecule has 6 nitrogen and oxygen atoms in total. The van der Waals surface area contributed by atoms with Crippen molar-refractivity contribution >= 4 is 16.7 Å². The van der Waals surface area contributed by atoms with Crippen molar-refractivity contribution in [2.24, 2.45) is 18.9 Å². The number of likely N-dealkylation sites (tertiary alicyclic amines) is 1. The molecule has 29 heavy (non-hydrogen) atoms. The van der Waals surface area contributed by atoms with Gasteiger partial charge in [-0.2, -0.15) is 5.10 Å². The Morgan fingerprint density at radius 3 is 2.86 bits per heavy atom. The van der Waals surface area contributed by atoms with E-state index < -0.39 is 32.0 Å². The molecule has 3 heterocycles. The fourth-order valence-corrected chi connectivity index (χ4v) is 3.67. The molecular weight excluding hydrogens is 362 g/mol. The Labute approximate surface area is 184 Å². The third-order valence-corrected chi connectivity index (χ3v) is 5.22. The molecule has 0 spiro atoms. The molecule has 2 aromatic heterocycles. The number of ketones is 1. The van der Waals surface area contributed by atoms with Gasteiger partial charge in [0.1, 0.15) is 11.6 Å². The van der Waals surface area contributed by atoms with E-state index in [0.717, 1.165) is 21.4 Å². The van der Waals surface area contributed by atoms with Gasteiger partial charge in [0, 0.05) is 55.1 Å². The van der Waals surface area contributed by atoms with Gasteiger partial charge < -0.3 is 4.90 Å². The highest BCUT2D eigenvalue weighted by Gasteiger charge is 2.25. The van der Waals surface area contributed by atoms with Crippen LogP contribution >= 0.6 is 0 Å². The van der Waals surface area contributed by atoms with Crippen LogP contribution in [0, 0.1) is 11.8 Å². The van der Waals surface area contributed by atoms with E-state index in [-0.39, 0.29) is 38.1 Å². The van der Waals surface area contributed by atoms with Crippen molar-refractivity contribution in [1.29, 1.82) is 0 Å². The van der Waals surface area contributed by atoms with Crippen molar-refractivity contribution in [3.63, 3.8) is 0 Å². The van der Waals surface area contributed by atoms with Gasteiger partial charge in [-0.25, -0.2) is 9.97 Å². The third kappa shape index (κ3) is 4.70. The molecule has 0 unspecified atom stereocenters. The maximum atomic E-state index is 13.0. The van der Waals surface area contributed by atoms with Gasteiger partial charge in [-0.15, -0.1) is 0 Å². The number of nitrogens with zero attached hydrogens (tertiary/aromatic N) is 5. The largest absolute Gasteiger partial charge is 0.303 e. The SMILES string of the molecule is [2H]C([2H])([2H])C([2H])(C([2H])([2H])[2H])C([2H])([2H])N1CCC(C(=O)Cc2ncc3ccc(-c4cnn(C)c4)cc3n2)CC1. The summed E-state index contributed by atoms with van der Waals surface area (Å²) in [6, 6.07) is 5.76. The zero-order valence-corrected chi connectivity index (χ0v) is 16.2. The maximum Gasteiger partial charge on any atom is 0.143 e. The van der Waals surface area contributed by atoms with Gasteiger partial charge in [-0.1, -0.05) is 25.8 Å². The van der Waals surface area contributed by atoms with E-state index in [1.807, 2.05) is 31.4 Å². The second kappa shape index (κ2) is 8.41. The lowest BCUT2D eigenvalue weighted by Gasteiger charge is -2.32. The molecule has 1 saturated heterocycles. The first kappa shape index (κ1) is 11.6. The highest BCUT2D eigenvalue weighted by atomic mass is 16.1. The van der Waals surface area contributed by atoms with Crippen LogP contribution in [0.3, 0.4) is 0 Å². The summed E-state index contributed by atoms with van der Waals surface area (Å²) in [4.78, 5) is 23.0. The van der Waals surface area contributed by atoms with Crippen LogP contribution in [0.25, 0.3) is 22.0 Å². The Balaban J connectivity index is 1.45. The summed E-state index contributed by atoms with van der Waals surface area (Å²) in [5, 5.41) is 5.01. The molecule has 0 radical (unpaired) electrons. The van der Waals surface area contributed by atoms with Crippen molar-refractivity contribution < 1.29 is 17.1 Å². The Bertz CT molecular complexity index is 1310. The number of piperidine rings is 1. The van der Waals surface area contributed by atoms with E-state index >= 15 is 0 Å². The minimum Gasteiger partial charge on any atom is -0.303 e. The van der Waals surface area contributed by atoms with Crippen LogP contribution in [0.4, 0.5) is 0 Å². The van der Waals surface area contributed by atoms with Gasteiger partial charge in [0.2, 0.25) is 0 Å². The Morgan fingerprint density at radius 1 is 1.31 bits per heavy atom. The molecule has 0 N–H and O–H groups in total. The predicted octanol–water partition coefficient (Wildman–Crippen LogP) is 3.51. The summed E-state index contributed by atoms with van der Waals surface area (Å²) >= 11 is 0. The number of benzene rings is 1. The second-order valence-electron chi connectivity index (χ2n) is 7.35. The normalized spacial score (nSPS) is 22.3. The molecule has 1 aliphatic heterocycles. The van der Waals surface area contributed by atoms with Gasteiger partial charge in [0.25, 0.3) is 0 Å². The predicted molar refractivity (Wildman–Crippen MR) is 114 cm³/mol. The van der Waals surface area contributed by atoms with Crippen LogP contribution in [0.2, 0.25) is 0 Å². The van der Waals surface area contributed by atoms with E-state index in [1.165, 1.54) is 0 Å². The second-order valence-corrected chi connectivity index (χ2v) is 7.35. The zero-order valence-electron chi connectivity index (χ0n) is 25.2. The van der Waals surface area contributed by atoms with E-state index in [9.17, 15) is 4.79 Å². The quantitative estimate of drug-likeness (QED) is 0.634. The summed E-state index contributed by atoms with van der Waals surface area (Å²) in [6.07, 6.45) is 5.69. The maximum absolute atomic E-state index is 13.0. The minimum absolute atomic E-state index is 0.0163. The van der Waals surface area contributed by atoms with Crippen LogP contribution in [-0.4, -0.2) is 50.0 Å². The highest BCUT2D eigenvalue weighted by Crippen LogP contribution is 2.24. The van der Waals surface area contributed by atoms with Gasteiger partial charge >= 0.3 is 0 Å². The highest BCUT2D eigenvalue weighted by molar-refractivity contribution is 5.85. The van der Waals surface area contributed by atoms with Crippen molar-refractivity contribution in [3.8, 4) is 11.1 Å². The molecule has 0 amide bonds. The van der Waals surface area contributed by atoms with Crippen molar-refractivity contribution in [2.75, 3.05) is 19.6 Å². The fraction of sp³-hybridized carbons (Fsp3) is 0.478. The third-order valence-electron chi connectivity index (χ3n) is 5.22. The monoisotopic (exact) mass is 400 g/mol. The smallest absolute Gasteiger partial charge is 0.143 e. The summed E-state index contributed by atoms with van der Waals surface area (Å²) in [6.45, 7) is -9.85. The number of Topliss-reactive ketones (excluding diaryl/α,β-unsaturated/α-hetero) is 1. The summed E-state index contributed by atoms with van der Waals surface area (Å²) < 4.78 is 72.4. The number of carbonyl (C=O) groups is 1. The molecule has 1 aromatic carbocycles. The van der Waals surface area contributed by atoms with E-state index in [2.05, 4.69) is 15.1 Å². The molecule has 152 valence electrons. The molecule has 4 rings (SSSR count). The fourth-order valence-electron chi connectivity index (χ4n) is 3.67. The Morgan fingerprint density at radius 2 is 2.14 bits per heavy atom. The van der Waals surface area contributed by atoms with Crippen LogP contribution in [0.15, 0.2) is 36.8 Å². The molecule has 0 aliphatic carbocycles. The minimum atomic E-state index is -3.39. The lowest BCUT2D eigenvalue weighted by atomic mass is 9.90. The molecule has 0 atom stereocenters. The standard InChI is InChI=1S/C23H29N5O/c1-16(2)14-28-8-6-17(7-9-28)22(29)11-23-24-12-19-5-4-18(10-21(19)26-23)20-13-25-27(3)15-20/h4-5,10,12-13,15-17H,6-9,11,14H2,1-3H3/i1D3,2D3,14D2,16D. The lowest BCUT2D eigenvalue weighted by Crippen LogP contribution is -2.38. The van der Waals surface area contributed by atoms with E-state index in [4.69, 9.17) is 12.3 Å². The van der Waals surface area contributed by atoms with Crippen LogP contribution in [0.1, 0.15) is 44.7 Å². The molecule has 1 aliphatic rings. The van der Waals surface area contributed by atoms with E-state index in [0.29, 0.717) is 11.3 Å². The first-order valence-corrected chi connectivity index (χ1v) is 9.57. The number of hydrogen-bond acceptors (Lipinski definition) is 5. The molecule has 6 heteroatoms. The summed E-state index contributed by atoms with van der Waals surface area (Å²) in [5.41, 5.74) is 2.56. The summed E-state index contributed by atoms with van der Waals surface area (Å²) in [5.74, 6) is -3.56. The van der Waals surface area contributed by atoms with E-state index in [1.54, 1.807) is 17.1 Å². The first-order valence-electron chi connectivity index (χ1n) is 14.1. The molecule has 3 aromatic rings. The van der Waals surface area contributed by atoms with Gasteiger partial charge in [0.15, 0.2) is 0 Å². The number of rotatable bonds is 6.